The molecule has 3 rings (SSSR count). The van der Waals surface area contributed by atoms with Crippen molar-refractivity contribution in [3.8, 4) is 5.75 Å². The molecule has 2 N–H and O–H groups in total. The van der Waals surface area contributed by atoms with Crippen LogP contribution >= 0.6 is 0 Å². The predicted molar refractivity (Wildman–Crippen MR) is 90.3 cm³/mol. The number of benzene rings is 1. The van der Waals surface area contributed by atoms with Crippen LogP contribution in [0.3, 0.4) is 0 Å². The van der Waals surface area contributed by atoms with Crippen molar-refractivity contribution in [1.29, 1.82) is 0 Å². The first-order chi connectivity index (χ1) is 11.4. The lowest BCUT2D eigenvalue weighted by Crippen LogP contribution is -2.40. The molecule has 2 aromatic rings. The second-order valence-corrected chi connectivity index (χ2v) is 5.63. The predicted octanol–water partition coefficient (Wildman–Crippen LogP) is 1.31. The monoisotopic (exact) mass is 327 g/mol. The Bertz CT molecular complexity index is 982. The van der Waals surface area contributed by atoms with Gasteiger partial charge in [0.05, 0.1) is 5.70 Å². The van der Waals surface area contributed by atoms with Gasteiger partial charge in [0.25, 0.3) is 5.56 Å². The number of anilines is 1. The Hall–Kier alpha value is -3.09. The van der Waals surface area contributed by atoms with Crippen LogP contribution in [0.5, 0.6) is 5.75 Å². The summed E-state index contributed by atoms with van der Waals surface area (Å²) >= 11 is 0. The number of hydrogen-bond acceptors (Lipinski definition) is 5. The molecule has 0 saturated carbocycles. The van der Waals surface area contributed by atoms with Crippen LogP contribution in [-0.4, -0.2) is 20.0 Å². The minimum atomic E-state index is -0.612. The summed E-state index contributed by atoms with van der Waals surface area (Å²) in [6.45, 7) is 2.30. The lowest BCUT2D eigenvalue weighted by molar-refractivity contribution is 0.104. The molecule has 7 heteroatoms. The number of phenolic OH excluding ortho intramolecular Hbond substituents is 1. The third-order valence-electron chi connectivity index (χ3n) is 3.90. The van der Waals surface area contributed by atoms with E-state index in [9.17, 15) is 19.5 Å². The van der Waals surface area contributed by atoms with E-state index in [0.717, 1.165) is 4.57 Å². The third-order valence-corrected chi connectivity index (χ3v) is 3.90. The fraction of sp³-hybridized carbons (Fsp3) is 0.235. The zero-order valence-corrected chi connectivity index (χ0v) is 13.4. The summed E-state index contributed by atoms with van der Waals surface area (Å²) in [5.41, 5.74) is -0.293. The van der Waals surface area contributed by atoms with Gasteiger partial charge in [0.15, 0.2) is 0 Å². The lowest BCUT2D eigenvalue weighted by Gasteiger charge is -2.11. The number of Topliss-reactive ketones (excluding diaryl/α,β-unsaturated/α-hetero) is 1. The fourth-order valence-corrected chi connectivity index (χ4v) is 2.74. The van der Waals surface area contributed by atoms with Crippen LogP contribution in [-0.2, 0) is 13.6 Å². The largest absolute Gasteiger partial charge is 0.508 e. The molecular weight excluding hydrogens is 310 g/mol. The van der Waals surface area contributed by atoms with Crippen molar-refractivity contribution < 1.29 is 9.90 Å². The molecule has 1 aliphatic heterocycles. The first-order valence-electron chi connectivity index (χ1n) is 7.60. The van der Waals surface area contributed by atoms with Crippen LogP contribution in [0.4, 0.5) is 5.82 Å². The van der Waals surface area contributed by atoms with Crippen LogP contribution in [0, 0.1) is 0 Å². The van der Waals surface area contributed by atoms with E-state index >= 15 is 0 Å². The van der Waals surface area contributed by atoms with Crippen molar-refractivity contribution in [2.24, 2.45) is 7.05 Å². The van der Waals surface area contributed by atoms with Crippen molar-refractivity contribution >= 4 is 17.7 Å². The number of aromatic hydroxyl groups is 1. The second kappa shape index (κ2) is 5.84. The van der Waals surface area contributed by atoms with Gasteiger partial charge in [-0.05, 0) is 30.2 Å². The molecule has 1 aromatic carbocycles. The Morgan fingerprint density at radius 2 is 2.00 bits per heavy atom. The number of ketones is 1. The molecule has 2 heterocycles. The summed E-state index contributed by atoms with van der Waals surface area (Å²) in [4.78, 5) is 37.2. The van der Waals surface area contributed by atoms with Crippen LogP contribution in [0.25, 0.3) is 6.08 Å². The molecule has 1 aliphatic rings. The van der Waals surface area contributed by atoms with E-state index < -0.39 is 17.0 Å². The van der Waals surface area contributed by atoms with E-state index in [-0.39, 0.29) is 22.8 Å². The van der Waals surface area contributed by atoms with E-state index in [1.54, 1.807) is 18.2 Å². The molecule has 7 nitrogen and oxygen atoms in total. The van der Waals surface area contributed by atoms with E-state index in [2.05, 4.69) is 5.32 Å². The highest BCUT2D eigenvalue weighted by atomic mass is 16.3. The van der Waals surface area contributed by atoms with Gasteiger partial charge in [-0.15, -0.1) is 0 Å². The number of nitrogens with one attached hydrogen (secondary N) is 1. The van der Waals surface area contributed by atoms with Gasteiger partial charge in [-0.2, -0.15) is 0 Å². The second-order valence-electron chi connectivity index (χ2n) is 5.63. The van der Waals surface area contributed by atoms with Crippen LogP contribution in [0.1, 0.15) is 29.3 Å². The molecule has 0 bridgehead atoms. The molecule has 0 aliphatic carbocycles. The van der Waals surface area contributed by atoms with Gasteiger partial charge in [-0.3, -0.25) is 18.7 Å². The van der Waals surface area contributed by atoms with Gasteiger partial charge in [-0.25, -0.2) is 4.79 Å². The highest BCUT2D eigenvalue weighted by Gasteiger charge is 2.32. The van der Waals surface area contributed by atoms with Crippen LogP contribution < -0.4 is 16.6 Å². The molecule has 1 aromatic heterocycles. The summed E-state index contributed by atoms with van der Waals surface area (Å²) in [6, 6.07) is 6.40. The Kier molecular flexibility index (Phi) is 3.84. The van der Waals surface area contributed by atoms with Crippen molar-refractivity contribution in [3.05, 3.63) is 61.9 Å². The quantitative estimate of drug-likeness (QED) is 0.829. The summed E-state index contributed by atoms with van der Waals surface area (Å²) < 4.78 is 2.35. The van der Waals surface area contributed by atoms with E-state index in [1.807, 2.05) is 6.92 Å². The number of allylic oxidation sites excluding steroid dienone is 1. The molecule has 0 saturated heterocycles. The Morgan fingerprint density at radius 3 is 2.67 bits per heavy atom. The van der Waals surface area contributed by atoms with Crippen molar-refractivity contribution in [2.75, 3.05) is 5.32 Å². The normalized spacial score (nSPS) is 14.8. The average Bonchev–Trinajstić information content (AvgIpc) is 2.86. The Morgan fingerprint density at radius 1 is 1.25 bits per heavy atom. The smallest absolute Gasteiger partial charge is 0.332 e. The Labute approximate surface area is 137 Å². The molecule has 0 amide bonds. The zero-order chi connectivity index (χ0) is 17.4. The van der Waals surface area contributed by atoms with Crippen molar-refractivity contribution in [2.45, 2.75) is 19.9 Å². The molecule has 0 fully saturated rings. The zero-order valence-electron chi connectivity index (χ0n) is 13.4. The van der Waals surface area contributed by atoms with Gasteiger partial charge >= 0.3 is 5.69 Å². The SMILES string of the molecule is CCCn1c2c(c(=O)n(C)c1=O)C(=O)/C(=C\c1cccc(O)c1)N2. The van der Waals surface area contributed by atoms with Crippen molar-refractivity contribution in [3.63, 3.8) is 0 Å². The van der Waals surface area contributed by atoms with E-state index in [4.69, 9.17) is 0 Å². The van der Waals surface area contributed by atoms with Gasteiger partial charge in [-0.1, -0.05) is 19.1 Å². The van der Waals surface area contributed by atoms with Crippen LogP contribution in [0.15, 0.2) is 39.6 Å². The number of phenols is 1. The number of aromatic nitrogens is 2. The number of hydrogen-bond donors (Lipinski definition) is 2. The number of nitrogens with zero attached hydrogens (tertiary/aromatic N) is 2. The molecule has 0 spiro atoms. The van der Waals surface area contributed by atoms with Crippen molar-refractivity contribution in [1.82, 2.24) is 9.13 Å². The van der Waals surface area contributed by atoms with Crippen LogP contribution in [0.2, 0.25) is 0 Å². The first-order valence-corrected chi connectivity index (χ1v) is 7.60. The maximum Gasteiger partial charge on any atom is 0.332 e. The summed E-state index contributed by atoms with van der Waals surface area (Å²) in [5.74, 6) is -0.147. The lowest BCUT2D eigenvalue weighted by atomic mass is 10.1. The minimum Gasteiger partial charge on any atom is -0.508 e. The highest BCUT2D eigenvalue weighted by Crippen LogP contribution is 2.26. The maximum atomic E-state index is 12.6. The van der Waals surface area contributed by atoms with E-state index in [1.165, 1.54) is 23.7 Å². The first kappa shape index (κ1) is 15.8. The standard InChI is InChI=1S/C17H17N3O4/c1-3-7-20-15-13(16(23)19(2)17(20)24)14(22)12(18-15)9-10-5-4-6-11(21)8-10/h4-6,8-9,18,21H,3,7H2,1-2H3/b12-9+. The average molecular weight is 327 g/mol. The summed E-state index contributed by atoms with van der Waals surface area (Å²) in [7, 11) is 1.36. The maximum absolute atomic E-state index is 12.6. The third kappa shape index (κ3) is 2.44. The summed E-state index contributed by atoms with van der Waals surface area (Å²) in [6.07, 6.45) is 2.23. The van der Waals surface area contributed by atoms with Gasteiger partial charge in [0.2, 0.25) is 5.78 Å². The number of carbonyl (C=O) groups excluding carboxylic acids is 1. The Balaban J connectivity index is 2.17. The molecule has 0 unspecified atom stereocenters. The van der Waals surface area contributed by atoms with Gasteiger partial charge < -0.3 is 10.4 Å². The molecule has 124 valence electrons. The van der Waals surface area contributed by atoms with E-state index in [0.29, 0.717) is 18.5 Å². The topological polar surface area (TPSA) is 93.3 Å². The number of carbonyl (C=O) groups is 1. The fourth-order valence-electron chi connectivity index (χ4n) is 2.74. The number of rotatable bonds is 3. The highest BCUT2D eigenvalue weighted by molar-refractivity contribution is 6.19. The molecular formula is C17H17N3O4. The summed E-state index contributed by atoms with van der Waals surface area (Å²) in [5, 5.41) is 12.4. The molecule has 0 radical (unpaired) electrons. The molecule has 0 atom stereocenters. The van der Waals surface area contributed by atoms with Gasteiger partial charge in [0.1, 0.15) is 17.1 Å². The van der Waals surface area contributed by atoms with Gasteiger partial charge in [0, 0.05) is 13.6 Å². The molecule has 24 heavy (non-hydrogen) atoms. The number of fused-ring (bicyclic) bond motifs is 1. The minimum absolute atomic E-state index is 0.0306.